The van der Waals surface area contributed by atoms with Gasteiger partial charge in [-0.3, -0.25) is 9.59 Å². The molecule has 1 fully saturated rings. The number of hydrogen-bond acceptors (Lipinski definition) is 2. The molecule has 0 heterocycles. The molecule has 0 bridgehead atoms. The Morgan fingerprint density at radius 2 is 1.26 bits per heavy atom. The van der Waals surface area contributed by atoms with Crippen LogP contribution < -0.4 is 10.6 Å². The Morgan fingerprint density at radius 1 is 0.913 bits per heavy atom. The zero-order valence-electron chi connectivity index (χ0n) is 15.9. The molecule has 0 spiro atoms. The zero-order valence-corrected chi connectivity index (χ0v) is 17.5. The molecule has 2 atom stereocenters. The summed E-state index contributed by atoms with van der Waals surface area (Å²) in [4.78, 5) is 23.3. The molecular weight excluding hydrogens is 324 g/mol. The van der Waals surface area contributed by atoms with Gasteiger partial charge < -0.3 is 10.6 Å². The molecule has 0 radical (unpaired) electrons. The van der Waals surface area contributed by atoms with Crippen LogP contribution in [-0.2, 0) is 28.7 Å². The van der Waals surface area contributed by atoms with E-state index in [1.54, 1.807) is 0 Å². The maximum absolute atomic E-state index is 11.7. The monoisotopic (exact) mass is 360 g/mol. The molecule has 1 aliphatic carbocycles. The number of carbonyl (C=O) groups is 2. The molecule has 1 saturated carbocycles. The molecule has 0 aliphatic heterocycles. The second-order valence-electron chi connectivity index (χ2n) is 6.59. The van der Waals surface area contributed by atoms with Crippen LogP contribution in [0.5, 0.6) is 0 Å². The molecule has 2 amide bonds. The van der Waals surface area contributed by atoms with Crippen molar-refractivity contribution >= 4 is 11.8 Å². The fraction of sp³-hybridized carbons (Fsp3) is 0.889. The Balaban J connectivity index is 0.00000149. The third kappa shape index (κ3) is 8.35. The third-order valence-electron chi connectivity index (χ3n) is 4.80. The zero-order chi connectivity index (χ0) is 17.9. The van der Waals surface area contributed by atoms with Gasteiger partial charge in [0.1, 0.15) is 0 Å². The van der Waals surface area contributed by atoms with Crippen molar-refractivity contribution in [3.63, 3.8) is 0 Å². The first-order chi connectivity index (χ1) is 10.9. The minimum absolute atomic E-state index is 0.110. The molecule has 0 saturated heterocycles. The van der Waals surface area contributed by atoms with Crippen molar-refractivity contribution in [1.29, 1.82) is 0 Å². The topological polar surface area (TPSA) is 58.2 Å². The van der Waals surface area contributed by atoms with Crippen LogP contribution in [0.15, 0.2) is 0 Å². The van der Waals surface area contributed by atoms with Crippen molar-refractivity contribution < 1.29 is 28.7 Å². The molecule has 23 heavy (non-hydrogen) atoms. The Labute approximate surface area is 151 Å². The molecule has 0 aromatic rings. The van der Waals surface area contributed by atoms with Crippen molar-refractivity contribution in [2.24, 2.45) is 5.41 Å². The standard InChI is InChI=1S/C16H30N2O2.2CH3.Ti/c1-5-14(19)17-12-9-13(18-15(20)6-2)11-16(7-3,8-4)10-12;;;/h12-13H,5-11H2,1-4H3,(H,17,19)(H,18,20);2*1H3;. The first-order valence-corrected chi connectivity index (χ1v) is 12.2. The number of hydrogen-bond donors (Lipinski definition) is 2. The summed E-state index contributed by atoms with van der Waals surface area (Å²) in [6.45, 7) is 8.18. The summed E-state index contributed by atoms with van der Waals surface area (Å²) in [7, 11) is 0. The van der Waals surface area contributed by atoms with Gasteiger partial charge in [-0.05, 0) is 24.7 Å². The van der Waals surface area contributed by atoms with Gasteiger partial charge in [0, 0.05) is 24.9 Å². The number of carbonyl (C=O) groups excluding carboxylic acids is 2. The molecule has 1 aliphatic rings. The van der Waals surface area contributed by atoms with Crippen LogP contribution in [0.4, 0.5) is 0 Å². The van der Waals surface area contributed by atoms with E-state index in [9.17, 15) is 9.59 Å². The summed E-state index contributed by atoms with van der Waals surface area (Å²) < 4.78 is 0. The van der Waals surface area contributed by atoms with E-state index in [-0.39, 0.29) is 29.3 Å². The van der Waals surface area contributed by atoms with E-state index in [0.717, 1.165) is 32.1 Å². The van der Waals surface area contributed by atoms with Gasteiger partial charge >= 0.3 is 29.6 Å². The van der Waals surface area contributed by atoms with E-state index >= 15 is 0 Å². The first-order valence-electron chi connectivity index (χ1n) is 9.07. The summed E-state index contributed by atoms with van der Waals surface area (Å²) in [5.74, 6) is 0.220. The molecule has 4 nitrogen and oxygen atoms in total. The summed E-state index contributed by atoms with van der Waals surface area (Å²) in [5, 5.41) is 10.7. The summed E-state index contributed by atoms with van der Waals surface area (Å²) in [6, 6.07) is 0.386. The number of nitrogens with one attached hydrogen (secondary N) is 2. The molecule has 0 aromatic carbocycles. The number of amides is 2. The Bertz CT molecular complexity index is 329. The Kier molecular flexibility index (Phi) is 11.9. The van der Waals surface area contributed by atoms with E-state index < -0.39 is 0 Å². The molecule has 2 unspecified atom stereocenters. The molecule has 5 heteroatoms. The Hall–Kier alpha value is -0.346. The van der Waals surface area contributed by atoms with E-state index in [1.165, 1.54) is 0 Å². The van der Waals surface area contributed by atoms with E-state index in [2.05, 4.69) is 34.9 Å². The second-order valence-corrected chi connectivity index (χ2v) is 8.15. The van der Waals surface area contributed by atoms with Gasteiger partial charge in [-0.1, -0.05) is 40.5 Å². The van der Waals surface area contributed by atoms with Gasteiger partial charge in [-0.25, -0.2) is 0 Å². The molecule has 2 N–H and O–H groups in total. The molecule has 134 valence electrons. The van der Waals surface area contributed by atoms with Gasteiger partial charge in [-0.2, -0.15) is 0 Å². The molecule has 1 rings (SSSR count). The van der Waals surface area contributed by atoms with Crippen molar-refractivity contribution in [2.45, 2.75) is 95.2 Å². The fourth-order valence-corrected chi connectivity index (χ4v) is 3.35. The van der Waals surface area contributed by atoms with Crippen LogP contribution in [0.25, 0.3) is 0 Å². The van der Waals surface area contributed by atoms with Crippen LogP contribution in [0.1, 0.15) is 72.6 Å². The molecular formula is C18H36N2O2Ti. The minimum atomic E-state index is 0.110. The van der Waals surface area contributed by atoms with Gasteiger partial charge in [0.25, 0.3) is 0 Å². The Morgan fingerprint density at radius 3 is 1.52 bits per heavy atom. The average molecular weight is 360 g/mol. The van der Waals surface area contributed by atoms with Crippen LogP contribution in [0, 0.1) is 5.41 Å². The van der Waals surface area contributed by atoms with Gasteiger partial charge in [-0.15, -0.1) is 0 Å². The van der Waals surface area contributed by atoms with Crippen molar-refractivity contribution in [1.82, 2.24) is 10.6 Å². The van der Waals surface area contributed by atoms with Gasteiger partial charge in [0.05, 0.1) is 0 Å². The van der Waals surface area contributed by atoms with E-state index in [4.69, 9.17) is 0 Å². The van der Waals surface area contributed by atoms with Crippen LogP contribution in [0.2, 0.25) is 10.5 Å². The SMILES string of the molecule is CCC(=O)NC1CC(NC(=O)CC)CC(CC)(CC)C1.[CH3][Ti][CH3]. The van der Waals surface area contributed by atoms with E-state index in [0.29, 0.717) is 32.0 Å². The predicted octanol–water partition coefficient (Wildman–Crippen LogP) is 3.93. The predicted molar refractivity (Wildman–Crippen MR) is 93.0 cm³/mol. The van der Waals surface area contributed by atoms with Crippen molar-refractivity contribution in [3.05, 3.63) is 0 Å². The van der Waals surface area contributed by atoms with Gasteiger partial charge in [0.2, 0.25) is 11.8 Å². The van der Waals surface area contributed by atoms with Gasteiger partial charge in [0.15, 0.2) is 0 Å². The summed E-state index contributed by atoms with van der Waals surface area (Å²) in [6.07, 6.45) is 6.16. The van der Waals surface area contributed by atoms with Crippen LogP contribution in [-0.4, -0.2) is 23.9 Å². The normalized spacial score (nSPS) is 22.3. The van der Waals surface area contributed by atoms with Crippen LogP contribution in [0.3, 0.4) is 0 Å². The summed E-state index contributed by atoms with van der Waals surface area (Å²) >= 11 is 0.500. The number of rotatable bonds is 6. The first kappa shape index (κ1) is 22.7. The average Bonchev–Trinajstić information content (AvgIpc) is 2.54. The van der Waals surface area contributed by atoms with Crippen molar-refractivity contribution in [3.8, 4) is 0 Å². The molecule has 0 aromatic heterocycles. The van der Waals surface area contributed by atoms with Crippen molar-refractivity contribution in [2.75, 3.05) is 0 Å². The quantitative estimate of drug-likeness (QED) is 0.705. The fourth-order valence-electron chi connectivity index (χ4n) is 3.35. The second kappa shape index (κ2) is 12.1. The third-order valence-corrected chi connectivity index (χ3v) is 4.80. The maximum atomic E-state index is 11.7. The van der Waals surface area contributed by atoms with Crippen LogP contribution >= 0.6 is 0 Å². The summed E-state index contributed by atoms with van der Waals surface area (Å²) in [5.41, 5.74) is 0.246. The van der Waals surface area contributed by atoms with E-state index in [1.807, 2.05) is 13.8 Å².